The summed E-state index contributed by atoms with van der Waals surface area (Å²) in [6.07, 6.45) is 22.8. The van der Waals surface area contributed by atoms with Crippen LogP contribution in [0.15, 0.2) is 0 Å². The Balaban J connectivity index is 3.16. The van der Waals surface area contributed by atoms with E-state index in [2.05, 4.69) is 11.7 Å². The summed E-state index contributed by atoms with van der Waals surface area (Å²) >= 11 is 0. The molecular weight excluding hydrogens is 324 g/mol. The molecule has 0 aliphatic heterocycles. The van der Waals surface area contributed by atoms with Gasteiger partial charge in [0.05, 0.1) is 13.2 Å². The molecule has 0 fully saturated rings. The summed E-state index contributed by atoms with van der Waals surface area (Å²) in [5, 5.41) is 9.99. The van der Waals surface area contributed by atoms with Crippen molar-refractivity contribution in [1.29, 1.82) is 0 Å². The van der Waals surface area contributed by atoms with Gasteiger partial charge in [-0.15, -0.1) is 0 Å². The van der Waals surface area contributed by atoms with E-state index in [1.54, 1.807) is 0 Å². The second-order valence-electron chi connectivity index (χ2n) is 7.86. The van der Waals surface area contributed by atoms with Gasteiger partial charge in [-0.25, -0.2) is 0 Å². The largest absolute Gasteiger partial charge is 0.469 e. The van der Waals surface area contributed by atoms with Crippen molar-refractivity contribution in [3.8, 4) is 0 Å². The van der Waals surface area contributed by atoms with E-state index < -0.39 is 0 Å². The summed E-state index contributed by atoms with van der Waals surface area (Å²) < 4.78 is 4.62. The van der Waals surface area contributed by atoms with Crippen LogP contribution in [-0.4, -0.2) is 24.3 Å². The first kappa shape index (κ1) is 25.4. The van der Waals surface area contributed by atoms with Gasteiger partial charge in [0.1, 0.15) is 0 Å². The Morgan fingerprint density at radius 2 is 1.08 bits per heavy atom. The first-order valence-corrected chi connectivity index (χ1v) is 11.5. The maximum absolute atomic E-state index is 11.0. The van der Waals surface area contributed by atoms with Crippen LogP contribution in [0.4, 0.5) is 0 Å². The van der Waals surface area contributed by atoms with Gasteiger partial charge >= 0.3 is 5.97 Å². The third-order valence-electron chi connectivity index (χ3n) is 5.29. The molecule has 0 heterocycles. The summed E-state index contributed by atoms with van der Waals surface area (Å²) in [5.41, 5.74) is 0. The highest BCUT2D eigenvalue weighted by atomic mass is 16.5. The lowest BCUT2D eigenvalue weighted by molar-refractivity contribution is -0.140. The van der Waals surface area contributed by atoms with Crippen LogP contribution >= 0.6 is 0 Å². The number of aliphatic hydroxyl groups excluding tert-OH is 1. The molecule has 0 saturated carbocycles. The Labute approximate surface area is 163 Å². The molecular formula is C23H46O3. The predicted molar refractivity (Wildman–Crippen MR) is 111 cm³/mol. The molecule has 0 amide bonds. The zero-order valence-electron chi connectivity index (χ0n) is 17.8. The van der Waals surface area contributed by atoms with Gasteiger partial charge < -0.3 is 9.84 Å². The molecule has 1 N–H and O–H groups in total. The second kappa shape index (κ2) is 20.7. The van der Waals surface area contributed by atoms with Crippen molar-refractivity contribution in [3.63, 3.8) is 0 Å². The molecule has 26 heavy (non-hydrogen) atoms. The Hall–Kier alpha value is -0.570. The molecule has 0 aromatic carbocycles. The lowest BCUT2D eigenvalue weighted by Gasteiger charge is -2.10. The van der Waals surface area contributed by atoms with E-state index in [0.29, 0.717) is 6.42 Å². The fourth-order valence-electron chi connectivity index (χ4n) is 3.47. The highest BCUT2D eigenvalue weighted by molar-refractivity contribution is 5.68. The van der Waals surface area contributed by atoms with Crippen molar-refractivity contribution in [2.45, 2.75) is 135 Å². The molecule has 0 aromatic rings. The molecule has 0 saturated heterocycles. The number of esters is 1. The normalized spacial score (nSPS) is 12.3. The van der Waals surface area contributed by atoms with Crippen molar-refractivity contribution in [2.75, 3.05) is 7.11 Å². The maximum Gasteiger partial charge on any atom is 0.305 e. The van der Waals surface area contributed by atoms with E-state index >= 15 is 0 Å². The Morgan fingerprint density at radius 3 is 1.50 bits per heavy atom. The molecule has 0 bridgehead atoms. The summed E-state index contributed by atoms with van der Waals surface area (Å²) in [4.78, 5) is 11.0. The minimum Gasteiger partial charge on any atom is -0.469 e. The van der Waals surface area contributed by atoms with E-state index in [-0.39, 0.29) is 12.1 Å². The van der Waals surface area contributed by atoms with Crippen LogP contribution < -0.4 is 0 Å². The summed E-state index contributed by atoms with van der Waals surface area (Å²) in [7, 11) is 1.43. The summed E-state index contributed by atoms with van der Waals surface area (Å²) in [6.45, 7) is 2.27. The number of hydrogen-bond donors (Lipinski definition) is 1. The van der Waals surface area contributed by atoms with Gasteiger partial charge in [-0.1, -0.05) is 103 Å². The predicted octanol–water partition coefficient (Wildman–Crippen LogP) is 6.95. The lowest BCUT2D eigenvalue weighted by atomic mass is 10.0. The van der Waals surface area contributed by atoms with Crippen molar-refractivity contribution < 1.29 is 14.6 Å². The van der Waals surface area contributed by atoms with Crippen LogP contribution in [0.1, 0.15) is 129 Å². The number of aliphatic hydroxyl groups is 1. The molecule has 0 aliphatic carbocycles. The zero-order chi connectivity index (χ0) is 19.3. The maximum atomic E-state index is 11.0. The minimum atomic E-state index is -0.152. The number of carbonyl (C=O) groups is 1. The van der Waals surface area contributed by atoms with E-state index in [9.17, 15) is 9.90 Å². The Morgan fingerprint density at radius 1 is 0.692 bits per heavy atom. The zero-order valence-corrected chi connectivity index (χ0v) is 17.8. The molecule has 0 aromatic heterocycles. The smallest absolute Gasteiger partial charge is 0.305 e. The molecule has 0 rings (SSSR count). The Kier molecular flexibility index (Phi) is 20.3. The quantitative estimate of drug-likeness (QED) is 0.186. The molecule has 0 spiro atoms. The van der Waals surface area contributed by atoms with Crippen molar-refractivity contribution >= 4 is 5.97 Å². The summed E-state index contributed by atoms with van der Waals surface area (Å²) in [5.74, 6) is -0.127. The number of unbranched alkanes of at least 4 members (excludes halogenated alkanes) is 14. The third-order valence-corrected chi connectivity index (χ3v) is 5.29. The first-order chi connectivity index (χ1) is 12.7. The monoisotopic (exact) mass is 370 g/mol. The van der Waals surface area contributed by atoms with Gasteiger partial charge in [-0.05, 0) is 19.3 Å². The SMILES string of the molecule is CCCCCCCCCCCCCCCC(O)CCCCCC(=O)OC. The molecule has 3 nitrogen and oxygen atoms in total. The first-order valence-electron chi connectivity index (χ1n) is 11.5. The number of hydrogen-bond acceptors (Lipinski definition) is 3. The van der Waals surface area contributed by atoms with Crippen LogP contribution in [0.25, 0.3) is 0 Å². The minimum absolute atomic E-state index is 0.127. The van der Waals surface area contributed by atoms with Crippen LogP contribution in [0.3, 0.4) is 0 Å². The van der Waals surface area contributed by atoms with Gasteiger partial charge in [0, 0.05) is 6.42 Å². The Bertz CT molecular complexity index is 291. The van der Waals surface area contributed by atoms with Crippen LogP contribution in [-0.2, 0) is 9.53 Å². The van der Waals surface area contributed by atoms with E-state index in [0.717, 1.165) is 38.5 Å². The fraction of sp³-hybridized carbons (Fsp3) is 0.957. The number of ether oxygens (including phenoxy) is 1. The third kappa shape index (κ3) is 19.8. The number of carbonyl (C=O) groups excluding carboxylic acids is 1. The van der Waals surface area contributed by atoms with Gasteiger partial charge in [0.15, 0.2) is 0 Å². The molecule has 156 valence electrons. The fourth-order valence-corrected chi connectivity index (χ4v) is 3.47. The van der Waals surface area contributed by atoms with Gasteiger partial charge in [-0.3, -0.25) is 4.79 Å². The van der Waals surface area contributed by atoms with Gasteiger partial charge in [-0.2, -0.15) is 0 Å². The molecule has 1 unspecified atom stereocenters. The average molecular weight is 371 g/mol. The topological polar surface area (TPSA) is 46.5 Å². The van der Waals surface area contributed by atoms with Crippen molar-refractivity contribution in [3.05, 3.63) is 0 Å². The van der Waals surface area contributed by atoms with E-state index in [1.165, 1.54) is 84.2 Å². The van der Waals surface area contributed by atoms with Crippen molar-refractivity contribution in [2.24, 2.45) is 0 Å². The highest BCUT2D eigenvalue weighted by Gasteiger charge is 2.05. The number of methoxy groups -OCH3 is 1. The average Bonchev–Trinajstić information content (AvgIpc) is 2.65. The van der Waals surface area contributed by atoms with Crippen LogP contribution in [0.5, 0.6) is 0 Å². The molecule has 0 radical (unpaired) electrons. The van der Waals surface area contributed by atoms with Crippen LogP contribution in [0, 0.1) is 0 Å². The second-order valence-corrected chi connectivity index (χ2v) is 7.86. The van der Waals surface area contributed by atoms with Gasteiger partial charge in [0.25, 0.3) is 0 Å². The lowest BCUT2D eigenvalue weighted by Crippen LogP contribution is -2.06. The standard InChI is InChI=1S/C23H46O3/c1-3-4-5-6-7-8-9-10-11-12-13-14-16-19-22(24)20-17-15-18-21-23(25)26-2/h22,24H,3-21H2,1-2H3. The van der Waals surface area contributed by atoms with Gasteiger partial charge in [0.2, 0.25) is 0 Å². The van der Waals surface area contributed by atoms with E-state index in [4.69, 9.17) is 0 Å². The summed E-state index contributed by atoms with van der Waals surface area (Å²) in [6, 6.07) is 0. The molecule has 3 heteroatoms. The van der Waals surface area contributed by atoms with Crippen molar-refractivity contribution in [1.82, 2.24) is 0 Å². The number of rotatable bonds is 20. The van der Waals surface area contributed by atoms with E-state index in [1.807, 2.05) is 0 Å². The van der Waals surface area contributed by atoms with Crippen LogP contribution in [0.2, 0.25) is 0 Å². The molecule has 0 aliphatic rings. The highest BCUT2D eigenvalue weighted by Crippen LogP contribution is 2.15. The molecule has 1 atom stereocenters.